The van der Waals surface area contributed by atoms with Gasteiger partial charge in [0.2, 0.25) is 10.0 Å². The number of nitrogens with zero attached hydrogens (tertiary/aromatic N) is 2. The van der Waals surface area contributed by atoms with E-state index in [4.69, 9.17) is 33.2 Å². The summed E-state index contributed by atoms with van der Waals surface area (Å²) in [5.74, 6) is 0.621. The van der Waals surface area contributed by atoms with Gasteiger partial charge in [0.1, 0.15) is 12.4 Å². The van der Waals surface area contributed by atoms with Crippen LogP contribution in [0.3, 0.4) is 0 Å². The molecule has 11 nitrogen and oxygen atoms in total. The van der Waals surface area contributed by atoms with E-state index < -0.39 is 22.2 Å². The summed E-state index contributed by atoms with van der Waals surface area (Å²) in [4.78, 5) is 2.58. The topological polar surface area (TPSA) is 105 Å². The normalized spacial score (nSPS) is 19.5. The van der Waals surface area contributed by atoms with Gasteiger partial charge in [0.05, 0.1) is 55.8 Å². The molecule has 2 aliphatic rings. The maximum Gasteiger partial charge on any atom is 0.243 e. The number of sulfonamides is 1. The molecule has 0 spiro atoms. The summed E-state index contributed by atoms with van der Waals surface area (Å²) in [5.41, 5.74) is 5.07. The van der Waals surface area contributed by atoms with Gasteiger partial charge in [-0.15, -0.1) is 0 Å². The zero-order valence-corrected chi connectivity index (χ0v) is 31.3. The number of anilines is 1. The van der Waals surface area contributed by atoms with E-state index in [9.17, 15) is 8.42 Å². The standard InChI is InChI=1S/C39H54N2O9S/c1-30-7-14-34(15-8-30)51(42,43)41-26-37(48-21-6-20-45-3)39(33-12-9-31(10-13-33)28-47-24-23-46-4)38(27-41)50-29-32-11-16-36-35(25-32)40(18-22-49-36)17-5-19-44-2/h7-16,25,37-39H,5-6,17-24,26-29H2,1-4H3/t37-,38+,39+/m1/s1. The van der Waals surface area contributed by atoms with E-state index in [0.717, 1.165) is 53.2 Å². The van der Waals surface area contributed by atoms with Crippen LogP contribution in [0.5, 0.6) is 5.75 Å². The number of ether oxygens (including phenoxy) is 7. The van der Waals surface area contributed by atoms with Crippen LogP contribution in [0.25, 0.3) is 0 Å². The van der Waals surface area contributed by atoms with Crippen LogP contribution >= 0.6 is 0 Å². The Kier molecular flexibility index (Phi) is 15.1. The molecule has 2 aliphatic heterocycles. The van der Waals surface area contributed by atoms with E-state index in [-0.39, 0.29) is 23.9 Å². The summed E-state index contributed by atoms with van der Waals surface area (Å²) in [6, 6.07) is 21.4. The number of aryl methyl sites for hydroxylation is 1. The van der Waals surface area contributed by atoms with Gasteiger partial charge in [0, 0.05) is 66.7 Å². The van der Waals surface area contributed by atoms with Crippen LogP contribution < -0.4 is 9.64 Å². The molecule has 0 aliphatic carbocycles. The summed E-state index contributed by atoms with van der Waals surface area (Å²) < 4.78 is 70.5. The lowest BCUT2D eigenvalue weighted by Gasteiger charge is -2.43. The van der Waals surface area contributed by atoms with E-state index >= 15 is 0 Å². The molecule has 3 aromatic carbocycles. The van der Waals surface area contributed by atoms with E-state index in [1.807, 2.05) is 31.2 Å². The molecule has 1 fully saturated rings. The minimum Gasteiger partial charge on any atom is -0.490 e. The fourth-order valence-corrected chi connectivity index (χ4v) is 8.05. The molecule has 51 heavy (non-hydrogen) atoms. The van der Waals surface area contributed by atoms with Crippen molar-refractivity contribution in [2.75, 3.05) is 92.0 Å². The second-order valence-corrected chi connectivity index (χ2v) is 15.0. The maximum absolute atomic E-state index is 14.1. The minimum atomic E-state index is -3.83. The van der Waals surface area contributed by atoms with Crippen molar-refractivity contribution < 1.29 is 41.6 Å². The Balaban J connectivity index is 1.43. The molecular weight excluding hydrogens is 673 g/mol. The highest BCUT2D eigenvalue weighted by molar-refractivity contribution is 7.89. The van der Waals surface area contributed by atoms with Crippen molar-refractivity contribution in [3.05, 3.63) is 89.0 Å². The number of piperidine rings is 1. The van der Waals surface area contributed by atoms with Gasteiger partial charge in [0.15, 0.2) is 0 Å². The highest BCUT2D eigenvalue weighted by atomic mass is 32.2. The SMILES string of the molecule is COCCCO[C@@H]1CN(S(=O)(=O)c2ccc(C)cc2)C[C@H](OCc2ccc3c(c2)N(CCCOC)CCO3)[C@H]1c1ccc(COCCOC)cc1. The van der Waals surface area contributed by atoms with Crippen LogP contribution in [0.4, 0.5) is 5.69 Å². The molecule has 0 radical (unpaired) electrons. The van der Waals surface area contributed by atoms with Crippen molar-refractivity contribution in [1.29, 1.82) is 0 Å². The Bertz CT molecular complexity index is 1590. The third kappa shape index (κ3) is 10.7. The van der Waals surface area contributed by atoms with Gasteiger partial charge >= 0.3 is 0 Å². The summed E-state index contributed by atoms with van der Waals surface area (Å²) in [6.07, 6.45) is 0.638. The monoisotopic (exact) mass is 726 g/mol. The highest BCUT2D eigenvalue weighted by Crippen LogP contribution is 2.37. The molecular formula is C39H54N2O9S. The second kappa shape index (κ2) is 19.7. The van der Waals surface area contributed by atoms with Gasteiger partial charge in [-0.1, -0.05) is 48.0 Å². The van der Waals surface area contributed by atoms with E-state index in [1.54, 1.807) is 33.5 Å². The third-order valence-electron chi connectivity index (χ3n) is 9.34. The number of rotatable bonds is 20. The van der Waals surface area contributed by atoms with Gasteiger partial charge in [-0.25, -0.2) is 8.42 Å². The predicted octanol–water partition coefficient (Wildman–Crippen LogP) is 5.19. The lowest BCUT2D eigenvalue weighted by Crippen LogP contribution is -2.54. The second-order valence-electron chi connectivity index (χ2n) is 13.0. The molecule has 0 aromatic heterocycles. The van der Waals surface area contributed by atoms with Crippen molar-refractivity contribution >= 4 is 15.7 Å². The largest absolute Gasteiger partial charge is 0.490 e. The van der Waals surface area contributed by atoms with Crippen LogP contribution in [0, 0.1) is 6.92 Å². The van der Waals surface area contributed by atoms with Crippen LogP contribution in [0.1, 0.15) is 41.0 Å². The smallest absolute Gasteiger partial charge is 0.243 e. The van der Waals surface area contributed by atoms with Crippen LogP contribution in [-0.4, -0.2) is 112 Å². The molecule has 3 aromatic rings. The zero-order chi connectivity index (χ0) is 36.1. The summed E-state index contributed by atoms with van der Waals surface area (Å²) in [5, 5.41) is 0. The first-order chi connectivity index (χ1) is 24.8. The predicted molar refractivity (Wildman–Crippen MR) is 196 cm³/mol. The van der Waals surface area contributed by atoms with E-state index in [0.29, 0.717) is 59.3 Å². The van der Waals surface area contributed by atoms with Gasteiger partial charge in [-0.3, -0.25) is 0 Å². The first kappa shape index (κ1) is 39.1. The van der Waals surface area contributed by atoms with Gasteiger partial charge in [-0.05, 0) is 60.7 Å². The van der Waals surface area contributed by atoms with Crippen molar-refractivity contribution in [2.24, 2.45) is 0 Å². The van der Waals surface area contributed by atoms with Crippen LogP contribution in [0.15, 0.2) is 71.6 Å². The average Bonchev–Trinajstić information content (AvgIpc) is 3.15. The molecule has 2 heterocycles. The Labute approximate surface area is 303 Å². The van der Waals surface area contributed by atoms with Gasteiger partial charge in [-0.2, -0.15) is 4.31 Å². The third-order valence-corrected chi connectivity index (χ3v) is 11.2. The van der Waals surface area contributed by atoms with Crippen LogP contribution in [0.2, 0.25) is 0 Å². The van der Waals surface area contributed by atoms with Crippen molar-refractivity contribution in [1.82, 2.24) is 4.31 Å². The van der Waals surface area contributed by atoms with Gasteiger partial charge in [0.25, 0.3) is 0 Å². The molecule has 12 heteroatoms. The van der Waals surface area contributed by atoms with E-state index in [1.165, 1.54) is 4.31 Å². The Morgan fingerprint density at radius 3 is 2.16 bits per heavy atom. The molecule has 0 bridgehead atoms. The number of methoxy groups -OCH3 is 3. The van der Waals surface area contributed by atoms with Crippen molar-refractivity contribution in [3.8, 4) is 5.75 Å². The molecule has 0 amide bonds. The first-order valence-corrected chi connectivity index (χ1v) is 19.2. The molecule has 3 atom stereocenters. The fourth-order valence-electron chi connectivity index (χ4n) is 6.59. The summed E-state index contributed by atoms with van der Waals surface area (Å²) in [7, 11) is 1.20. The zero-order valence-electron chi connectivity index (χ0n) is 30.5. The first-order valence-electron chi connectivity index (χ1n) is 17.8. The Morgan fingerprint density at radius 2 is 1.43 bits per heavy atom. The molecule has 5 rings (SSSR count). The van der Waals surface area contributed by atoms with E-state index in [2.05, 4.69) is 35.2 Å². The number of hydrogen-bond acceptors (Lipinski definition) is 10. The van der Waals surface area contributed by atoms with Crippen molar-refractivity contribution in [3.63, 3.8) is 0 Å². The lowest BCUT2D eigenvalue weighted by molar-refractivity contribution is -0.0806. The quantitative estimate of drug-likeness (QED) is 0.145. The average molecular weight is 727 g/mol. The Hall–Kier alpha value is -3.07. The van der Waals surface area contributed by atoms with Crippen molar-refractivity contribution in [2.45, 2.75) is 56.0 Å². The molecule has 0 unspecified atom stereocenters. The molecule has 1 saturated heterocycles. The molecule has 0 N–H and O–H groups in total. The van der Waals surface area contributed by atoms with Crippen LogP contribution in [-0.2, 0) is 51.7 Å². The molecule has 0 saturated carbocycles. The van der Waals surface area contributed by atoms with Gasteiger partial charge < -0.3 is 38.1 Å². The maximum atomic E-state index is 14.1. The summed E-state index contributed by atoms with van der Waals surface area (Å²) >= 11 is 0. The molecule has 280 valence electrons. The minimum absolute atomic E-state index is 0.178. The number of fused-ring (bicyclic) bond motifs is 1. The Morgan fingerprint density at radius 1 is 0.745 bits per heavy atom. The fraction of sp³-hybridized carbons (Fsp3) is 0.538. The number of benzene rings is 3. The summed E-state index contributed by atoms with van der Waals surface area (Å²) in [6.45, 7) is 8.09. The lowest BCUT2D eigenvalue weighted by atomic mass is 9.85. The number of hydrogen-bond donors (Lipinski definition) is 0. The highest BCUT2D eigenvalue weighted by Gasteiger charge is 2.43.